The number of hydrogen-bond acceptors (Lipinski definition) is 5. The third-order valence-electron chi connectivity index (χ3n) is 14.5. The maximum atomic E-state index is 12.5. The van der Waals surface area contributed by atoms with Gasteiger partial charge < -0.3 is 20.3 Å². The van der Waals surface area contributed by atoms with E-state index in [9.17, 15) is 19.8 Å². The molecule has 1 amide bonds. The Kier molecular flexibility index (Phi) is 57.5. The first-order valence-electron chi connectivity index (χ1n) is 31.1. The molecule has 0 bridgehead atoms. The molecule has 0 saturated heterocycles. The lowest BCUT2D eigenvalue weighted by Crippen LogP contribution is -2.45. The van der Waals surface area contributed by atoms with Gasteiger partial charge in [-0.25, -0.2) is 0 Å². The summed E-state index contributed by atoms with van der Waals surface area (Å²) in [5.74, 6) is -0.0408. The van der Waals surface area contributed by atoms with Crippen molar-refractivity contribution >= 4 is 11.9 Å². The Balaban J connectivity index is 3.43. The van der Waals surface area contributed by atoms with E-state index < -0.39 is 12.1 Å². The molecule has 3 N–H and O–H groups in total. The van der Waals surface area contributed by atoms with Gasteiger partial charge in [0, 0.05) is 12.8 Å². The van der Waals surface area contributed by atoms with Crippen molar-refractivity contribution in [2.24, 2.45) is 0 Å². The number of allylic oxidation sites excluding steroid dienone is 4. The van der Waals surface area contributed by atoms with Crippen molar-refractivity contribution in [1.82, 2.24) is 5.32 Å². The van der Waals surface area contributed by atoms with Gasteiger partial charge in [0.05, 0.1) is 25.4 Å². The molecule has 0 aliphatic heterocycles. The Bertz CT molecular complexity index is 1080. The van der Waals surface area contributed by atoms with Gasteiger partial charge in [-0.3, -0.25) is 9.59 Å². The number of nitrogens with one attached hydrogen (secondary N) is 1. The standard InChI is InChI=1S/C63H121NO5/c1-3-5-7-9-11-13-15-17-18-19-25-28-32-35-39-43-47-51-55-61(66)60(59-65)64-62(67)56-52-48-44-40-36-33-29-26-23-21-20-22-24-27-30-34-38-42-46-50-54-58-69-63(68)57-53-49-45-41-37-31-16-14-12-10-8-6-4-2/h14,16,21,23,60-61,65-66H,3-13,15,17-20,22,24-59H2,1-2H3,(H,64,67)/b16-14-,23-21-. The van der Waals surface area contributed by atoms with Crippen molar-refractivity contribution in [2.45, 2.75) is 353 Å². The SMILES string of the molecule is CCCCCC/C=C\CCCCCCCC(=O)OCCCCCCCCCCCC/C=C\CCCCCCCCCC(=O)NC(CO)C(O)CCCCCCCCCCCCCCCCCCCC. The van der Waals surface area contributed by atoms with Crippen molar-refractivity contribution in [3.05, 3.63) is 24.3 Å². The van der Waals surface area contributed by atoms with Gasteiger partial charge in [-0.05, 0) is 77.0 Å². The summed E-state index contributed by atoms with van der Waals surface area (Å²) >= 11 is 0. The van der Waals surface area contributed by atoms with E-state index in [-0.39, 0.29) is 18.5 Å². The first-order chi connectivity index (χ1) is 34.0. The summed E-state index contributed by atoms with van der Waals surface area (Å²) in [7, 11) is 0. The Morgan fingerprint density at radius 1 is 0.391 bits per heavy atom. The summed E-state index contributed by atoms with van der Waals surface area (Å²) in [6.45, 7) is 4.95. The topological polar surface area (TPSA) is 95.9 Å². The molecule has 0 heterocycles. The molecule has 0 aliphatic rings. The van der Waals surface area contributed by atoms with Crippen LogP contribution in [0.1, 0.15) is 341 Å². The summed E-state index contributed by atoms with van der Waals surface area (Å²) in [5.41, 5.74) is 0. The van der Waals surface area contributed by atoms with E-state index in [0.29, 0.717) is 25.9 Å². The summed E-state index contributed by atoms with van der Waals surface area (Å²) in [4.78, 5) is 24.5. The molecule has 0 aromatic carbocycles. The van der Waals surface area contributed by atoms with E-state index in [0.717, 1.165) is 44.9 Å². The van der Waals surface area contributed by atoms with Gasteiger partial charge in [0.25, 0.3) is 0 Å². The number of carbonyl (C=O) groups excluding carboxylic acids is 2. The van der Waals surface area contributed by atoms with Gasteiger partial charge in [-0.15, -0.1) is 0 Å². The largest absolute Gasteiger partial charge is 0.466 e. The van der Waals surface area contributed by atoms with Crippen molar-refractivity contribution in [1.29, 1.82) is 0 Å². The maximum absolute atomic E-state index is 12.5. The highest BCUT2D eigenvalue weighted by Crippen LogP contribution is 2.17. The number of esters is 1. The third-order valence-corrected chi connectivity index (χ3v) is 14.5. The summed E-state index contributed by atoms with van der Waals surface area (Å²) < 4.78 is 5.47. The van der Waals surface area contributed by atoms with Gasteiger partial charge in [0.2, 0.25) is 5.91 Å². The quantitative estimate of drug-likeness (QED) is 0.0321. The lowest BCUT2D eigenvalue weighted by molar-refractivity contribution is -0.143. The monoisotopic (exact) mass is 972 g/mol. The molecule has 2 unspecified atom stereocenters. The molecule has 0 radical (unpaired) electrons. The number of ether oxygens (including phenoxy) is 1. The normalized spacial score (nSPS) is 12.7. The van der Waals surface area contributed by atoms with Crippen LogP contribution in [0.4, 0.5) is 0 Å². The molecule has 0 aromatic rings. The number of aliphatic hydroxyl groups excluding tert-OH is 2. The highest BCUT2D eigenvalue weighted by Gasteiger charge is 2.20. The average molecular weight is 973 g/mol. The van der Waals surface area contributed by atoms with Gasteiger partial charge >= 0.3 is 5.97 Å². The van der Waals surface area contributed by atoms with E-state index in [1.807, 2.05) is 0 Å². The average Bonchev–Trinajstić information content (AvgIpc) is 3.35. The first kappa shape index (κ1) is 67.3. The van der Waals surface area contributed by atoms with E-state index in [1.165, 1.54) is 263 Å². The van der Waals surface area contributed by atoms with Gasteiger partial charge in [0.15, 0.2) is 0 Å². The fourth-order valence-electron chi connectivity index (χ4n) is 9.69. The van der Waals surface area contributed by atoms with Crippen LogP contribution in [0.3, 0.4) is 0 Å². The Morgan fingerprint density at radius 3 is 1.04 bits per heavy atom. The van der Waals surface area contributed by atoms with E-state index in [1.54, 1.807) is 0 Å². The second-order valence-corrected chi connectivity index (χ2v) is 21.4. The molecule has 2 atom stereocenters. The minimum absolute atomic E-state index is 0.000618. The smallest absolute Gasteiger partial charge is 0.305 e. The second kappa shape index (κ2) is 58.9. The van der Waals surface area contributed by atoms with Crippen LogP contribution in [0.25, 0.3) is 0 Å². The second-order valence-electron chi connectivity index (χ2n) is 21.4. The van der Waals surface area contributed by atoms with Crippen molar-refractivity contribution in [2.75, 3.05) is 13.2 Å². The van der Waals surface area contributed by atoms with Crippen LogP contribution >= 0.6 is 0 Å². The van der Waals surface area contributed by atoms with Crippen LogP contribution in [0.2, 0.25) is 0 Å². The number of rotatable bonds is 58. The highest BCUT2D eigenvalue weighted by molar-refractivity contribution is 5.76. The minimum Gasteiger partial charge on any atom is -0.466 e. The van der Waals surface area contributed by atoms with Gasteiger partial charge in [-0.2, -0.15) is 0 Å². The molecule has 0 spiro atoms. The zero-order chi connectivity index (χ0) is 50.0. The first-order valence-corrected chi connectivity index (χ1v) is 31.1. The Hall–Kier alpha value is -1.66. The molecule has 0 fully saturated rings. The molecule has 69 heavy (non-hydrogen) atoms. The molecule has 0 aliphatic carbocycles. The zero-order valence-corrected chi connectivity index (χ0v) is 46.6. The number of carbonyl (C=O) groups is 2. The van der Waals surface area contributed by atoms with Crippen LogP contribution in [0.15, 0.2) is 24.3 Å². The Labute approximate surface area is 431 Å². The van der Waals surface area contributed by atoms with E-state index in [4.69, 9.17) is 4.74 Å². The van der Waals surface area contributed by atoms with Crippen LogP contribution in [0.5, 0.6) is 0 Å². The van der Waals surface area contributed by atoms with Gasteiger partial charge in [-0.1, -0.05) is 276 Å². The highest BCUT2D eigenvalue weighted by atomic mass is 16.5. The molecular formula is C63H121NO5. The maximum Gasteiger partial charge on any atom is 0.305 e. The van der Waals surface area contributed by atoms with Crippen LogP contribution in [-0.2, 0) is 14.3 Å². The minimum atomic E-state index is -0.669. The molecule has 0 saturated carbocycles. The Morgan fingerprint density at radius 2 is 0.681 bits per heavy atom. The van der Waals surface area contributed by atoms with Crippen LogP contribution < -0.4 is 5.32 Å². The van der Waals surface area contributed by atoms with E-state index >= 15 is 0 Å². The number of hydrogen-bond donors (Lipinski definition) is 3. The molecule has 408 valence electrons. The predicted molar refractivity (Wildman–Crippen MR) is 301 cm³/mol. The molecule has 0 aromatic heterocycles. The van der Waals surface area contributed by atoms with Crippen molar-refractivity contribution in [3.8, 4) is 0 Å². The summed E-state index contributed by atoms with van der Waals surface area (Å²) in [6, 6.07) is -0.547. The van der Waals surface area contributed by atoms with E-state index in [2.05, 4.69) is 43.5 Å². The fraction of sp³-hybridized carbons (Fsp3) is 0.905. The van der Waals surface area contributed by atoms with Crippen molar-refractivity contribution in [3.63, 3.8) is 0 Å². The number of aliphatic hydroxyl groups is 2. The third kappa shape index (κ3) is 55.5. The summed E-state index contributed by atoms with van der Waals surface area (Å²) in [5, 5.41) is 23.3. The molecule has 6 nitrogen and oxygen atoms in total. The van der Waals surface area contributed by atoms with Crippen LogP contribution in [-0.4, -0.2) is 47.4 Å². The fourth-order valence-corrected chi connectivity index (χ4v) is 9.69. The van der Waals surface area contributed by atoms with Crippen molar-refractivity contribution < 1.29 is 24.5 Å². The molecule has 0 rings (SSSR count). The zero-order valence-electron chi connectivity index (χ0n) is 46.6. The number of unbranched alkanes of at least 4 members (excludes halogenated alkanes) is 43. The lowest BCUT2D eigenvalue weighted by Gasteiger charge is -2.22. The van der Waals surface area contributed by atoms with Gasteiger partial charge in [0.1, 0.15) is 0 Å². The molecule has 6 heteroatoms. The number of amides is 1. The molecular weight excluding hydrogens is 851 g/mol. The summed E-state index contributed by atoms with van der Waals surface area (Å²) in [6.07, 6.45) is 71.8. The predicted octanol–water partition coefficient (Wildman–Crippen LogP) is 19.4. The van der Waals surface area contributed by atoms with Crippen LogP contribution in [0, 0.1) is 0 Å². The lowest BCUT2D eigenvalue weighted by atomic mass is 10.0.